The molecule has 0 saturated heterocycles. The van der Waals surface area contributed by atoms with Crippen molar-refractivity contribution < 1.29 is 5.11 Å². The van der Waals surface area contributed by atoms with Crippen LogP contribution < -0.4 is 0 Å². The van der Waals surface area contributed by atoms with Gasteiger partial charge in [0.15, 0.2) is 0 Å². The molecule has 1 unspecified atom stereocenters. The first-order chi connectivity index (χ1) is 7.77. The molecule has 1 N–H and O–H groups in total. The van der Waals surface area contributed by atoms with Crippen LogP contribution in [-0.2, 0) is 0 Å². The largest absolute Gasteiger partial charge is 0.383 e. The molecule has 1 atom stereocenters. The van der Waals surface area contributed by atoms with E-state index in [2.05, 4.69) is 25.1 Å². The fourth-order valence-electron chi connectivity index (χ4n) is 2.25. The zero-order valence-corrected chi connectivity index (χ0v) is 10.7. The Labute approximate surface area is 102 Å². The highest BCUT2D eigenvalue weighted by Gasteiger charge is 2.15. The van der Waals surface area contributed by atoms with Gasteiger partial charge in [0.1, 0.15) is 6.10 Å². The molecule has 1 aliphatic carbocycles. The van der Waals surface area contributed by atoms with Gasteiger partial charge in [0, 0.05) is 9.75 Å². The van der Waals surface area contributed by atoms with Crippen molar-refractivity contribution in [2.75, 3.05) is 0 Å². The molecule has 0 saturated carbocycles. The molecular formula is C14H20OS. The molecule has 1 aromatic heterocycles. The molecule has 88 valence electrons. The van der Waals surface area contributed by atoms with E-state index in [4.69, 9.17) is 0 Å². The molecule has 1 heterocycles. The van der Waals surface area contributed by atoms with E-state index in [-0.39, 0.29) is 6.10 Å². The van der Waals surface area contributed by atoms with Gasteiger partial charge in [0.25, 0.3) is 0 Å². The second-order valence-electron chi connectivity index (χ2n) is 4.58. The summed E-state index contributed by atoms with van der Waals surface area (Å²) in [6.45, 7) is 2.09. The van der Waals surface area contributed by atoms with Crippen molar-refractivity contribution in [1.29, 1.82) is 0 Å². The van der Waals surface area contributed by atoms with Crippen molar-refractivity contribution in [2.24, 2.45) is 0 Å². The van der Waals surface area contributed by atoms with Crippen LogP contribution in [0.25, 0.3) is 0 Å². The Morgan fingerprint density at radius 1 is 1.19 bits per heavy atom. The van der Waals surface area contributed by atoms with Gasteiger partial charge in [0.2, 0.25) is 0 Å². The Bertz CT molecular complexity index is 365. The minimum Gasteiger partial charge on any atom is -0.383 e. The number of aliphatic hydroxyl groups excluding tert-OH is 1. The highest BCUT2D eigenvalue weighted by atomic mass is 32.1. The Hall–Kier alpha value is -0.600. The Morgan fingerprint density at radius 2 is 2.00 bits per heavy atom. The number of rotatable bonds is 2. The third-order valence-corrected chi connectivity index (χ3v) is 4.26. The summed E-state index contributed by atoms with van der Waals surface area (Å²) in [4.78, 5) is 2.38. The Balaban J connectivity index is 2.09. The molecule has 0 aromatic carbocycles. The first kappa shape index (κ1) is 11.9. The van der Waals surface area contributed by atoms with Crippen molar-refractivity contribution in [1.82, 2.24) is 0 Å². The van der Waals surface area contributed by atoms with Crippen LogP contribution in [0.2, 0.25) is 0 Å². The van der Waals surface area contributed by atoms with Crippen LogP contribution in [0.1, 0.15) is 54.4 Å². The fraction of sp³-hybridized carbons (Fsp3) is 0.571. The van der Waals surface area contributed by atoms with Gasteiger partial charge in [-0.25, -0.2) is 0 Å². The van der Waals surface area contributed by atoms with E-state index in [1.807, 2.05) is 0 Å². The first-order valence-corrected chi connectivity index (χ1v) is 7.02. The maximum Gasteiger partial charge on any atom is 0.109 e. The summed E-state index contributed by atoms with van der Waals surface area (Å²) in [6.07, 6.45) is 9.28. The van der Waals surface area contributed by atoms with Crippen molar-refractivity contribution in [2.45, 2.75) is 51.6 Å². The third kappa shape index (κ3) is 2.96. The summed E-state index contributed by atoms with van der Waals surface area (Å²) in [7, 11) is 0. The van der Waals surface area contributed by atoms with Gasteiger partial charge in [-0.2, -0.15) is 0 Å². The van der Waals surface area contributed by atoms with Crippen LogP contribution in [0.15, 0.2) is 23.8 Å². The average molecular weight is 236 g/mol. The standard InChI is InChI=1S/C14H20OS/c1-11-9-10-13(16-11)14(15)12-7-5-3-2-4-6-8-12/h7,9-10,14-15H,2-6,8H2,1H3/b12-7+. The molecule has 0 aliphatic heterocycles. The molecule has 0 amide bonds. The second-order valence-corrected chi connectivity index (χ2v) is 5.90. The third-order valence-electron chi connectivity index (χ3n) is 3.21. The lowest BCUT2D eigenvalue weighted by Crippen LogP contribution is -2.01. The summed E-state index contributed by atoms with van der Waals surface area (Å²) < 4.78 is 0. The second kappa shape index (κ2) is 5.65. The minimum absolute atomic E-state index is 0.350. The molecule has 2 rings (SSSR count). The maximum atomic E-state index is 10.3. The lowest BCUT2D eigenvalue weighted by molar-refractivity contribution is 0.213. The highest BCUT2D eigenvalue weighted by Crippen LogP contribution is 2.32. The van der Waals surface area contributed by atoms with E-state index >= 15 is 0 Å². The number of thiophene rings is 1. The van der Waals surface area contributed by atoms with Crippen molar-refractivity contribution in [3.8, 4) is 0 Å². The van der Waals surface area contributed by atoms with E-state index in [1.165, 1.54) is 36.1 Å². The van der Waals surface area contributed by atoms with E-state index in [0.29, 0.717) is 0 Å². The summed E-state index contributed by atoms with van der Waals surface area (Å²) in [5, 5.41) is 10.3. The van der Waals surface area contributed by atoms with Crippen LogP contribution in [0.5, 0.6) is 0 Å². The fourth-order valence-corrected chi connectivity index (χ4v) is 3.15. The summed E-state index contributed by atoms with van der Waals surface area (Å²) >= 11 is 1.71. The lowest BCUT2D eigenvalue weighted by Gasteiger charge is -2.16. The molecule has 0 fully saturated rings. The number of aryl methyl sites for hydroxylation is 1. The van der Waals surface area contributed by atoms with E-state index in [0.717, 1.165) is 17.7 Å². The van der Waals surface area contributed by atoms with Gasteiger partial charge in [-0.05, 0) is 50.3 Å². The highest BCUT2D eigenvalue weighted by molar-refractivity contribution is 7.12. The quantitative estimate of drug-likeness (QED) is 0.756. The molecule has 0 bridgehead atoms. The predicted molar refractivity (Wildman–Crippen MR) is 69.8 cm³/mol. The van der Waals surface area contributed by atoms with Crippen molar-refractivity contribution in [3.63, 3.8) is 0 Å². The average Bonchev–Trinajstić information content (AvgIpc) is 2.63. The predicted octanol–water partition coefficient (Wildman–Crippen LogP) is 4.37. The van der Waals surface area contributed by atoms with E-state index < -0.39 is 0 Å². The monoisotopic (exact) mass is 236 g/mol. The van der Waals surface area contributed by atoms with Gasteiger partial charge < -0.3 is 5.11 Å². The molecule has 1 nitrogen and oxygen atoms in total. The van der Waals surface area contributed by atoms with Crippen LogP contribution in [0.3, 0.4) is 0 Å². The number of hydrogen-bond donors (Lipinski definition) is 1. The van der Waals surface area contributed by atoms with Crippen LogP contribution in [-0.4, -0.2) is 5.11 Å². The normalized spacial score (nSPS) is 23.0. The number of aliphatic hydroxyl groups is 1. The van der Waals surface area contributed by atoms with Crippen LogP contribution in [0, 0.1) is 6.92 Å². The number of hydrogen-bond acceptors (Lipinski definition) is 2. The molecule has 1 aliphatic rings. The van der Waals surface area contributed by atoms with E-state index in [1.54, 1.807) is 11.3 Å². The molecule has 2 heteroatoms. The topological polar surface area (TPSA) is 20.2 Å². The van der Waals surface area contributed by atoms with Gasteiger partial charge >= 0.3 is 0 Å². The van der Waals surface area contributed by atoms with Crippen molar-refractivity contribution in [3.05, 3.63) is 33.5 Å². The zero-order chi connectivity index (χ0) is 11.4. The minimum atomic E-state index is -0.350. The van der Waals surface area contributed by atoms with Gasteiger partial charge in [-0.15, -0.1) is 11.3 Å². The zero-order valence-electron chi connectivity index (χ0n) is 9.91. The molecule has 1 aromatic rings. The lowest BCUT2D eigenvalue weighted by atomic mass is 9.96. The number of allylic oxidation sites excluding steroid dienone is 1. The van der Waals surface area contributed by atoms with E-state index in [9.17, 15) is 5.11 Å². The maximum absolute atomic E-state index is 10.3. The molecular weight excluding hydrogens is 216 g/mol. The first-order valence-electron chi connectivity index (χ1n) is 6.20. The Kier molecular flexibility index (Phi) is 4.19. The van der Waals surface area contributed by atoms with Gasteiger partial charge in [0.05, 0.1) is 0 Å². The molecule has 0 spiro atoms. The van der Waals surface area contributed by atoms with Crippen molar-refractivity contribution >= 4 is 11.3 Å². The van der Waals surface area contributed by atoms with Gasteiger partial charge in [-0.3, -0.25) is 0 Å². The van der Waals surface area contributed by atoms with Crippen LogP contribution in [0.4, 0.5) is 0 Å². The summed E-state index contributed by atoms with van der Waals surface area (Å²) in [6, 6.07) is 4.15. The molecule has 0 radical (unpaired) electrons. The summed E-state index contributed by atoms with van der Waals surface area (Å²) in [5.41, 5.74) is 1.24. The van der Waals surface area contributed by atoms with Crippen LogP contribution >= 0.6 is 11.3 Å². The van der Waals surface area contributed by atoms with Gasteiger partial charge in [-0.1, -0.05) is 18.9 Å². The Morgan fingerprint density at radius 3 is 2.75 bits per heavy atom. The smallest absolute Gasteiger partial charge is 0.109 e. The summed E-state index contributed by atoms with van der Waals surface area (Å²) in [5.74, 6) is 0. The molecule has 16 heavy (non-hydrogen) atoms. The SMILES string of the molecule is Cc1ccc(C(O)/C2=C/CCCCCC2)s1.